The van der Waals surface area contributed by atoms with E-state index in [1.807, 2.05) is 18.2 Å². The number of benzene rings is 2. The lowest BCUT2D eigenvalue weighted by molar-refractivity contribution is 0.264. The lowest BCUT2D eigenvalue weighted by Gasteiger charge is -2.17. The molecule has 0 fully saturated rings. The lowest BCUT2D eigenvalue weighted by Crippen LogP contribution is -2.09. The summed E-state index contributed by atoms with van der Waals surface area (Å²) in [4.78, 5) is 0. The fraction of sp³-hybridized carbons (Fsp3) is 0.429. The average molecular weight is 579 g/mol. The number of halogens is 3. The monoisotopic (exact) mass is 576 g/mol. The van der Waals surface area contributed by atoms with Gasteiger partial charge in [0.25, 0.3) is 3.93 Å². The van der Waals surface area contributed by atoms with Crippen molar-refractivity contribution in [2.24, 2.45) is 0 Å². The normalized spacial score (nSPS) is 11.4. The number of para-hydroxylation sites is 1. The average Bonchev–Trinajstić information content (AvgIpc) is 2.65. The van der Waals surface area contributed by atoms with Crippen molar-refractivity contribution in [3.63, 3.8) is 0 Å². The summed E-state index contributed by atoms with van der Waals surface area (Å²) in [6.07, 6.45) is 5.74. The Balaban J connectivity index is 2.11. The number of hydrogen-bond donors (Lipinski definition) is 0. The van der Waals surface area contributed by atoms with Crippen molar-refractivity contribution in [1.29, 1.82) is 0 Å². The molecule has 0 saturated heterocycles. The molecule has 0 N–H and O–H groups in total. The third-order valence-electron chi connectivity index (χ3n) is 4.17. The minimum Gasteiger partial charge on any atom is -0.490 e. The van der Waals surface area contributed by atoms with Gasteiger partial charge < -0.3 is 9.47 Å². The van der Waals surface area contributed by atoms with E-state index in [1.54, 1.807) is 0 Å². The largest absolute Gasteiger partial charge is 0.490 e. The highest BCUT2D eigenvalue weighted by molar-refractivity contribution is 9.72. The van der Waals surface area contributed by atoms with Gasteiger partial charge in [0.05, 0.1) is 13.2 Å². The molecule has 2 rings (SSSR count). The van der Waals surface area contributed by atoms with E-state index in [1.165, 1.54) is 19.3 Å². The van der Waals surface area contributed by atoms with Crippen molar-refractivity contribution in [2.75, 3.05) is 13.2 Å². The molecule has 0 aliphatic carbocycles. The third-order valence-corrected chi connectivity index (χ3v) is 8.66. The molecule has 2 aromatic rings. The zero-order valence-electron chi connectivity index (χ0n) is 15.7. The summed E-state index contributed by atoms with van der Waals surface area (Å²) in [5.74, 6) is 1.69. The molecule has 0 aliphatic rings. The molecule has 2 nitrogen and oxygen atoms in total. The highest BCUT2D eigenvalue weighted by Gasteiger charge is 2.21. The van der Waals surface area contributed by atoms with E-state index in [-0.39, 0.29) is 0 Å². The van der Waals surface area contributed by atoms with Gasteiger partial charge >= 0.3 is 0 Å². The summed E-state index contributed by atoms with van der Waals surface area (Å²) in [5.41, 5.74) is 2.23. The first-order chi connectivity index (χ1) is 13.0. The Kier molecular flexibility index (Phi) is 10.5. The standard InChI is InChI=1S/C21H27Br3O2Si/c1-2-3-4-8-15-25-20-14-9-13-19(18-11-6-5-7-12-18)21(20)26-16-10-17-27(22,23)24/h5-7,9,11-14H,2-4,8,10,15-17H2,1H3. The fourth-order valence-corrected chi connectivity index (χ4v) is 5.85. The Labute approximate surface area is 187 Å². The van der Waals surface area contributed by atoms with Crippen molar-refractivity contribution < 1.29 is 9.47 Å². The molecule has 27 heavy (non-hydrogen) atoms. The predicted molar refractivity (Wildman–Crippen MR) is 129 cm³/mol. The number of ether oxygens (including phenoxy) is 2. The number of unbranched alkanes of at least 4 members (excludes halogenated alkanes) is 3. The van der Waals surface area contributed by atoms with Gasteiger partial charge in [0.2, 0.25) is 0 Å². The van der Waals surface area contributed by atoms with Crippen LogP contribution in [0.1, 0.15) is 39.0 Å². The van der Waals surface area contributed by atoms with E-state index >= 15 is 0 Å². The third kappa shape index (κ3) is 8.71. The van der Waals surface area contributed by atoms with Gasteiger partial charge in [-0.25, -0.2) is 0 Å². The van der Waals surface area contributed by atoms with Crippen LogP contribution in [-0.2, 0) is 0 Å². The zero-order valence-corrected chi connectivity index (χ0v) is 21.5. The molecule has 0 atom stereocenters. The molecular formula is C21H27Br3O2Si. The molecule has 148 valence electrons. The van der Waals surface area contributed by atoms with Crippen molar-refractivity contribution in [1.82, 2.24) is 0 Å². The fourth-order valence-electron chi connectivity index (χ4n) is 2.78. The van der Waals surface area contributed by atoms with Crippen LogP contribution in [0.15, 0.2) is 48.5 Å². The quantitative estimate of drug-likeness (QED) is 0.143. The minimum atomic E-state index is -1.59. The van der Waals surface area contributed by atoms with E-state index in [9.17, 15) is 0 Å². The van der Waals surface area contributed by atoms with Gasteiger partial charge in [0.15, 0.2) is 11.5 Å². The van der Waals surface area contributed by atoms with E-state index in [2.05, 4.69) is 83.1 Å². The van der Waals surface area contributed by atoms with Crippen LogP contribution in [-0.4, -0.2) is 17.1 Å². The van der Waals surface area contributed by atoms with Crippen LogP contribution in [0.25, 0.3) is 11.1 Å². The van der Waals surface area contributed by atoms with Crippen molar-refractivity contribution in [3.05, 3.63) is 48.5 Å². The maximum atomic E-state index is 6.23. The summed E-state index contributed by atoms with van der Waals surface area (Å²) in [6.45, 7) is 3.61. The molecule has 0 aromatic heterocycles. The first kappa shape index (κ1) is 23.0. The second kappa shape index (κ2) is 12.3. The van der Waals surface area contributed by atoms with Crippen molar-refractivity contribution in [3.8, 4) is 22.6 Å². The Morgan fingerprint density at radius 1 is 0.778 bits per heavy atom. The minimum absolute atomic E-state index is 0.660. The maximum absolute atomic E-state index is 6.23. The molecular weight excluding hydrogens is 552 g/mol. The topological polar surface area (TPSA) is 18.5 Å². The predicted octanol–water partition coefficient (Wildman–Crippen LogP) is 8.21. The Bertz CT molecular complexity index is 675. The van der Waals surface area contributed by atoms with Crippen LogP contribution < -0.4 is 9.47 Å². The molecule has 0 aliphatic heterocycles. The summed E-state index contributed by atoms with van der Waals surface area (Å²) in [6, 6.07) is 17.6. The molecule has 0 bridgehead atoms. The molecule has 0 radical (unpaired) electrons. The Morgan fingerprint density at radius 2 is 1.52 bits per heavy atom. The van der Waals surface area contributed by atoms with Crippen molar-refractivity contribution in [2.45, 2.75) is 45.1 Å². The smallest absolute Gasteiger partial charge is 0.267 e. The first-order valence-electron chi connectivity index (χ1n) is 9.52. The molecule has 0 saturated carbocycles. The van der Waals surface area contributed by atoms with Crippen LogP contribution in [0.2, 0.25) is 6.04 Å². The summed E-state index contributed by atoms with van der Waals surface area (Å²) < 4.78 is 10.7. The lowest BCUT2D eigenvalue weighted by atomic mass is 10.0. The van der Waals surface area contributed by atoms with Gasteiger partial charge in [-0.15, -0.1) is 0 Å². The van der Waals surface area contributed by atoms with Crippen LogP contribution in [0.3, 0.4) is 0 Å². The van der Waals surface area contributed by atoms with Gasteiger partial charge in [-0.05, 0) is 30.5 Å². The second-order valence-corrected chi connectivity index (χ2v) is 30.0. The van der Waals surface area contributed by atoms with Gasteiger partial charge in [-0.2, -0.15) is 0 Å². The van der Waals surface area contributed by atoms with E-state index in [0.29, 0.717) is 6.61 Å². The molecule has 2 aromatic carbocycles. The van der Waals surface area contributed by atoms with E-state index < -0.39 is 3.93 Å². The molecule has 0 heterocycles. The van der Waals surface area contributed by atoms with Gasteiger partial charge in [0, 0.05) is 5.56 Å². The van der Waals surface area contributed by atoms with E-state index in [0.717, 1.165) is 48.1 Å². The highest BCUT2D eigenvalue weighted by atomic mass is 80.0. The van der Waals surface area contributed by atoms with Gasteiger partial charge in [-0.1, -0.05) is 115 Å². The molecule has 0 spiro atoms. The molecule has 0 amide bonds. The summed E-state index contributed by atoms with van der Waals surface area (Å²) in [7, 11) is 0. The molecule has 0 unspecified atom stereocenters. The summed E-state index contributed by atoms with van der Waals surface area (Å²) in [5, 5.41) is 0. The van der Waals surface area contributed by atoms with Crippen LogP contribution in [0.4, 0.5) is 0 Å². The van der Waals surface area contributed by atoms with Crippen LogP contribution in [0, 0.1) is 0 Å². The maximum Gasteiger partial charge on any atom is 0.267 e. The zero-order chi connectivity index (χ0) is 19.5. The highest BCUT2D eigenvalue weighted by Crippen LogP contribution is 2.39. The number of hydrogen-bond acceptors (Lipinski definition) is 2. The van der Waals surface area contributed by atoms with Crippen molar-refractivity contribution >= 4 is 49.8 Å². The van der Waals surface area contributed by atoms with E-state index in [4.69, 9.17) is 9.47 Å². The van der Waals surface area contributed by atoms with Gasteiger partial charge in [0.1, 0.15) is 0 Å². The number of rotatable bonds is 12. The Hall–Kier alpha value is -0.303. The molecule has 6 heteroatoms. The van der Waals surface area contributed by atoms with Gasteiger partial charge in [-0.3, -0.25) is 0 Å². The van der Waals surface area contributed by atoms with Crippen LogP contribution in [0.5, 0.6) is 11.5 Å². The first-order valence-corrected chi connectivity index (χ1v) is 18.5. The second-order valence-electron chi connectivity index (χ2n) is 6.48. The van der Waals surface area contributed by atoms with Crippen LogP contribution >= 0.6 is 45.9 Å². The summed E-state index contributed by atoms with van der Waals surface area (Å²) >= 11 is 11.0. The SMILES string of the molecule is CCCCCCOc1cccc(-c2ccccc2)c1OCCC[Si](Br)(Br)Br. The Morgan fingerprint density at radius 3 is 2.22 bits per heavy atom.